The minimum absolute atomic E-state index is 0.0101. The zero-order valence-corrected chi connectivity index (χ0v) is 14.1. The van der Waals surface area contributed by atoms with Crippen LogP contribution in [0, 0.1) is 0 Å². The Kier molecular flexibility index (Phi) is 4.82. The van der Waals surface area contributed by atoms with E-state index in [1.54, 1.807) is 6.92 Å². The molecule has 0 saturated heterocycles. The maximum atomic E-state index is 12.4. The molecular weight excluding hydrogens is 378 g/mol. The highest BCUT2D eigenvalue weighted by Crippen LogP contribution is 2.26. The van der Waals surface area contributed by atoms with Gasteiger partial charge in [-0.3, -0.25) is 0 Å². The van der Waals surface area contributed by atoms with Crippen molar-refractivity contribution in [3.63, 3.8) is 0 Å². The Balaban J connectivity index is 2.29. The molecule has 0 amide bonds. The van der Waals surface area contributed by atoms with Gasteiger partial charge in [-0.25, -0.2) is 17.9 Å². The number of rotatable bonds is 5. The first kappa shape index (κ1) is 16.2. The molecule has 1 aromatic heterocycles. The maximum absolute atomic E-state index is 12.4. The Morgan fingerprint density at radius 1 is 1.38 bits per heavy atom. The van der Waals surface area contributed by atoms with E-state index in [4.69, 9.17) is 5.11 Å². The zero-order chi connectivity index (χ0) is 15.6. The summed E-state index contributed by atoms with van der Waals surface area (Å²) in [4.78, 5) is 11.8. The van der Waals surface area contributed by atoms with Gasteiger partial charge in [0.2, 0.25) is 10.0 Å². The van der Waals surface area contributed by atoms with E-state index < -0.39 is 16.0 Å². The number of carbonyl (C=O) groups is 1. The van der Waals surface area contributed by atoms with Crippen LogP contribution in [0.1, 0.15) is 28.2 Å². The summed E-state index contributed by atoms with van der Waals surface area (Å²) in [5, 5.41) is 10.8. The summed E-state index contributed by atoms with van der Waals surface area (Å²) in [6, 6.07) is 7.14. The summed E-state index contributed by atoms with van der Waals surface area (Å²) >= 11 is 4.57. The zero-order valence-electron chi connectivity index (χ0n) is 10.9. The fourth-order valence-corrected chi connectivity index (χ4v) is 4.85. The molecule has 0 saturated carbocycles. The van der Waals surface area contributed by atoms with Crippen LogP contribution in [0.5, 0.6) is 0 Å². The maximum Gasteiger partial charge on any atom is 0.335 e. The van der Waals surface area contributed by atoms with Crippen molar-refractivity contribution < 1.29 is 18.3 Å². The van der Waals surface area contributed by atoms with Crippen LogP contribution in [-0.4, -0.2) is 19.5 Å². The van der Waals surface area contributed by atoms with Gasteiger partial charge in [0.25, 0.3) is 0 Å². The Bertz CT molecular complexity index is 756. The average Bonchev–Trinajstić information content (AvgIpc) is 2.91. The van der Waals surface area contributed by atoms with E-state index in [2.05, 4.69) is 20.7 Å². The fraction of sp³-hybridized carbons (Fsp3) is 0.154. The standard InChI is InChI=1S/C13H12BrNO4S2/c1-8(11-3-2-6-20-11)15-21(18,19)12-5-4-9(13(16)17)7-10(12)14/h2-8,15H,1H3,(H,16,17)/t8-/m0/s1. The third-order valence-electron chi connectivity index (χ3n) is 2.77. The van der Waals surface area contributed by atoms with Gasteiger partial charge in [-0.05, 0) is 52.5 Å². The van der Waals surface area contributed by atoms with Gasteiger partial charge in [0.05, 0.1) is 16.5 Å². The molecule has 1 atom stereocenters. The van der Waals surface area contributed by atoms with Gasteiger partial charge in [-0.15, -0.1) is 11.3 Å². The van der Waals surface area contributed by atoms with Crippen molar-refractivity contribution in [2.24, 2.45) is 0 Å². The number of carboxylic acid groups (broad SMARTS) is 1. The quantitative estimate of drug-likeness (QED) is 0.821. The third-order valence-corrected chi connectivity index (χ3v) is 6.34. The molecule has 1 aromatic carbocycles. The van der Waals surface area contributed by atoms with E-state index in [0.717, 1.165) is 4.88 Å². The number of aromatic carboxylic acids is 1. The third kappa shape index (κ3) is 3.70. The van der Waals surface area contributed by atoms with Gasteiger partial charge < -0.3 is 5.11 Å². The number of thiophene rings is 1. The van der Waals surface area contributed by atoms with Crippen LogP contribution in [0.25, 0.3) is 0 Å². The number of halogens is 1. The molecule has 2 rings (SSSR count). The highest BCUT2D eigenvalue weighted by molar-refractivity contribution is 9.10. The van der Waals surface area contributed by atoms with Crippen molar-refractivity contribution in [1.82, 2.24) is 4.72 Å². The molecule has 0 aliphatic carbocycles. The number of carboxylic acids is 1. The number of benzene rings is 1. The second-order valence-corrected chi connectivity index (χ2v) is 7.82. The van der Waals surface area contributed by atoms with Crippen molar-refractivity contribution in [3.05, 3.63) is 50.6 Å². The van der Waals surface area contributed by atoms with E-state index in [9.17, 15) is 13.2 Å². The monoisotopic (exact) mass is 389 g/mol. The van der Waals surface area contributed by atoms with Crippen LogP contribution in [0.2, 0.25) is 0 Å². The van der Waals surface area contributed by atoms with Gasteiger partial charge in [-0.2, -0.15) is 0 Å². The molecule has 0 radical (unpaired) electrons. The minimum atomic E-state index is -3.74. The lowest BCUT2D eigenvalue weighted by Crippen LogP contribution is -2.26. The molecule has 0 aliphatic rings. The van der Waals surface area contributed by atoms with E-state index in [1.165, 1.54) is 29.5 Å². The molecule has 0 aliphatic heterocycles. The Morgan fingerprint density at radius 2 is 2.10 bits per heavy atom. The molecular formula is C13H12BrNO4S2. The van der Waals surface area contributed by atoms with Gasteiger partial charge in [0.1, 0.15) is 0 Å². The lowest BCUT2D eigenvalue weighted by atomic mass is 10.2. The first-order valence-corrected chi connectivity index (χ1v) is 9.05. The van der Waals surface area contributed by atoms with Gasteiger partial charge in [-0.1, -0.05) is 6.07 Å². The average molecular weight is 390 g/mol. The van der Waals surface area contributed by atoms with E-state index in [0.29, 0.717) is 0 Å². The van der Waals surface area contributed by atoms with E-state index >= 15 is 0 Å². The van der Waals surface area contributed by atoms with Gasteiger partial charge >= 0.3 is 5.97 Å². The van der Waals surface area contributed by atoms with Crippen molar-refractivity contribution in [3.8, 4) is 0 Å². The summed E-state index contributed by atoms with van der Waals surface area (Å²) in [6.45, 7) is 1.75. The fourth-order valence-electron chi connectivity index (χ4n) is 1.74. The predicted octanol–water partition coefficient (Wildman–Crippen LogP) is 3.25. The van der Waals surface area contributed by atoms with Crippen molar-refractivity contribution in [2.75, 3.05) is 0 Å². The van der Waals surface area contributed by atoms with Crippen LogP contribution in [-0.2, 0) is 10.0 Å². The SMILES string of the molecule is C[C@H](NS(=O)(=O)c1ccc(C(=O)O)cc1Br)c1cccs1. The number of sulfonamides is 1. The molecule has 2 aromatic rings. The topological polar surface area (TPSA) is 83.5 Å². The van der Waals surface area contributed by atoms with Crippen molar-refractivity contribution in [1.29, 1.82) is 0 Å². The Morgan fingerprint density at radius 3 is 2.62 bits per heavy atom. The normalized spacial score (nSPS) is 13.0. The molecule has 21 heavy (non-hydrogen) atoms. The van der Waals surface area contributed by atoms with Crippen LogP contribution in [0.4, 0.5) is 0 Å². The molecule has 8 heteroatoms. The Labute approximate surface area is 134 Å². The van der Waals surface area contributed by atoms with E-state index in [-0.39, 0.29) is 21.0 Å². The minimum Gasteiger partial charge on any atom is -0.478 e. The number of hydrogen-bond acceptors (Lipinski definition) is 4. The number of nitrogens with one attached hydrogen (secondary N) is 1. The highest BCUT2D eigenvalue weighted by atomic mass is 79.9. The molecule has 0 fully saturated rings. The first-order chi connectivity index (χ1) is 9.81. The first-order valence-electron chi connectivity index (χ1n) is 5.90. The molecule has 0 spiro atoms. The van der Waals surface area contributed by atoms with Crippen LogP contribution in [0.15, 0.2) is 45.1 Å². The molecule has 1 heterocycles. The van der Waals surface area contributed by atoms with Crippen LogP contribution in [0.3, 0.4) is 0 Å². The number of hydrogen-bond donors (Lipinski definition) is 2. The molecule has 0 bridgehead atoms. The molecule has 0 unspecified atom stereocenters. The lowest BCUT2D eigenvalue weighted by Gasteiger charge is -2.14. The van der Waals surface area contributed by atoms with Crippen molar-refractivity contribution in [2.45, 2.75) is 17.9 Å². The Hall–Kier alpha value is -1.22. The second kappa shape index (κ2) is 6.27. The second-order valence-electron chi connectivity index (χ2n) is 4.31. The highest BCUT2D eigenvalue weighted by Gasteiger charge is 2.22. The van der Waals surface area contributed by atoms with Gasteiger partial charge in [0, 0.05) is 9.35 Å². The summed E-state index contributed by atoms with van der Waals surface area (Å²) in [5.41, 5.74) is 0.0205. The summed E-state index contributed by atoms with van der Waals surface area (Å²) in [5.74, 6) is -1.11. The van der Waals surface area contributed by atoms with Gasteiger partial charge in [0.15, 0.2) is 0 Å². The molecule has 112 valence electrons. The van der Waals surface area contributed by atoms with E-state index in [1.807, 2.05) is 17.5 Å². The molecule has 2 N–H and O–H groups in total. The summed E-state index contributed by atoms with van der Waals surface area (Å²) in [6.07, 6.45) is 0. The van der Waals surface area contributed by atoms with Crippen LogP contribution >= 0.6 is 27.3 Å². The largest absolute Gasteiger partial charge is 0.478 e. The summed E-state index contributed by atoms with van der Waals surface area (Å²) < 4.78 is 27.5. The smallest absolute Gasteiger partial charge is 0.335 e. The summed E-state index contributed by atoms with van der Waals surface area (Å²) in [7, 11) is -3.74. The van der Waals surface area contributed by atoms with Crippen molar-refractivity contribution >= 4 is 43.3 Å². The molecule has 5 nitrogen and oxygen atoms in total. The lowest BCUT2D eigenvalue weighted by molar-refractivity contribution is 0.0696. The predicted molar refractivity (Wildman–Crippen MR) is 84.2 cm³/mol. The van der Waals surface area contributed by atoms with Crippen LogP contribution < -0.4 is 4.72 Å².